The molecule has 0 bridgehead atoms. The van der Waals surface area contributed by atoms with Crippen LogP contribution in [0, 0.1) is 0 Å². The van der Waals surface area contributed by atoms with Crippen LogP contribution in [0.1, 0.15) is 5.56 Å². The fourth-order valence-corrected chi connectivity index (χ4v) is 3.50. The van der Waals surface area contributed by atoms with Gasteiger partial charge in [-0.25, -0.2) is 0 Å². The van der Waals surface area contributed by atoms with Gasteiger partial charge in [-0.15, -0.1) is 11.8 Å². The molecule has 3 rings (SSSR count). The lowest BCUT2D eigenvalue weighted by Gasteiger charge is -2.10. The van der Waals surface area contributed by atoms with Crippen molar-refractivity contribution in [2.24, 2.45) is 0 Å². The van der Waals surface area contributed by atoms with Crippen LogP contribution in [0.15, 0.2) is 60.7 Å². The maximum absolute atomic E-state index is 12.2. The summed E-state index contributed by atoms with van der Waals surface area (Å²) in [6.07, 6.45) is 0. The Morgan fingerprint density at radius 1 is 1.08 bits per heavy atom. The van der Waals surface area contributed by atoms with Crippen LogP contribution in [-0.2, 0) is 10.5 Å². The Balaban J connectivity index is 1.56. The molecule has 0 unspecified atom stereocenters. The second-order valence-electron chi connectivity index (χ2n) is 5.57. The molecular formula is C20H18ClNO2S. The number of halogens is 1. The maximum Gasteiger partial charge on any atom is 0.234 e. The van der Waals surface area contributed by atoms with E-state index in [1.165, 1.54) is 16.3 Å². The molecule has 128 valence electrons. The van der Waals surface area contributed by atoms with Crippen LogP contribution in [0.2, 0.25) is 5.02 Å². The quantitative estimate of drug-likeness (QED) is 0.632. The van der Waals surface area contributed by atoms with Crippen molar-refractivity contribution in [2.45, 2.75) is 5.75 Å². The summed E-state index contributed by atoms with van der Waals surface area (Å²) < 4.78 is 5.24. The molecule has 1 amide bonds. The summed E-state index contributed by atoms with van der Waals surface area (Å²) in [7, 11) is 1.56. The highest BCUT2D eigenvalue weighted by atomic mass is 35.5. The standard InChI is InChI=1S/C20H18ClNO2S/c1-24-19-9-8-17(21)11-18(19)22-20(23)13-25-12-14-6-7-15-4-2-3-5-16(15)10-14/h2-11H,12-13H2,1H3,(H,22,23). The highest BCUT2D eigenvalue weighted by Gasteiger charge is 2.08. The number of thioether (sulfide) groups is 1. The third kappa shape index (κ3) is 4.68. The number of ether oxygens (including phenoxy) is 1. The van der Waals surface area contributed by atoms with Crippen molar-refractivity contribution in [1.29, 1.82) is 0 Å². The summed E-state index contributed by atoms with van der Waals surface area (Å²) in [5.41, 5.74) is 1.79. The van der Waals surface area contributed by atoms with Crippen molar-refractivity contribution < 1.29 is 9.53 Å². The normalized spacial score (nSPS) is 10.6. The Bertz CT molecular complexity index is 898. The lowest BCUT2D eigenvalue weighted by atomic mass is 10.1. The lowest BCUT2D eigenvalue weighted by Crippen LogP contribution is -2.14. The minimum atomic E-state index is -0.0774. The topological polar surface area (TPSA) is 38.3 Å². The largest absolute Gasteiger partial charge is 0.495 e. The van der Waals surface area contributed by atoms with E-state index in [-0.39, 0.29) is 5.91 Å². The van der Waals surface area contributed by atoms with Crippen molar-refractivity contribution >= 4 is 45.7 Å². The maximum atomic E-state index is 12.2. The van der Waals surface area contributed by atoms with Gasteiger partial charge in [0.15, 0.2) is 0 Å². The second kappa shape index (κ2) is 8.28. The number of rotatable bonds is 6. The first-order valence-electron chi connectivity index (χ1n) is 7.84. The van der Waals surface area contributed by atoms with Crippen molar-refractivity contribution in [3.05, 3.63) is 71.2 Å². The zero-order valence-electron chi connectivity index (χ0n) is 13.8. The van der Waals surface area contributed by atoms with E-state index in [9.17, 15) is 4.79 Å². The summed E-state index contributed by atoms with van der Waals surface area (Å²) in [4.78, 5) is 12.2. The smallest absolute Gasteiger partial charge is 0.234 e. The SMILES string of the molecule is COc1ccc(Cl)cc1NC(=O)CSCc1ccc2ccccc2c1. The van der Waals surface area contributed by atoms with Gasteiger partial charge in [0.25, 0.3) is 0 Å². The molecule has 3 nitrogen and oxygen atoms in total. The van der Waals surface area contributed by atoms with Crippen molar-refractivity contribution in [3.63, 3.8) is 0 Å². The number of fused-ring (bicyclic) bond motifs is 1. The predicted molar refractivity (Wildman–Crippen MR) is 107 cm³/mol. The molecule has 0 atom stereocenters. The van der Waals surface area contributed by atoms with E-state index >= 15 is 0 Å². The van der Waals surface area contributed by atoms with Gasteiger partial charge >= 0.3 is 0 Å². The zero-order valence-corrected chi connectivity index (χ0v) is 15.4. The number of hydrogen-bond acceptors (Lipinski definition) is 3. The van der Waals surface area contributed by atoms with Gasteiger partial charge in [0.1, 0.15) is 5.75 Å². The molecule has 0 aliphatic carbocycles. The number of carbonyl (C=O) groups is 1. The predicted octanol–water partition coefficient (Wildman–Crippen LogP) is 5.37. The Kier molecular flexibility index (Phi) is 5.84. The van der Waals surface area contributed by atoms with Crippen LogP contribution in [-0.4, -0.2) is 18.8 Å². The van der Waals surface area contributed by atoms with Gasteiger partial charge in [0.05, 0.1) is 18.6 Å². The highest BCUT2D eigenvalue weighted by Crippen LogP contribution is 2.28. The number of benzene rings is 3. The Labute approximate surface area is 156 Å². The van der Waals surface area contributed by atoms with Gasteiger partial charge in [0, 0.05) is 10.8 Å². The van der Waals surface area contributed by atoms with Gasteiger partial charge < -0.3 is 10.1 Å². The van der Waals surface area contributed by atoms with E-state index in [1.54, 1.807) is 37.1 Å². The summed E-state index contributed by atoms with van der Waals surface area (Å²) in [6, 6.07) is 19.8. The third-order valence-corrected chi connectivity index (χ3v) is 4.99. The van der Waals surface area contributed by atoms with Gasteiger partial charge in [-0.3, -0.25) is 4.79 Å². The highest BCUT2D eigenvalue weighted by molar-refractivity contribution is 7.99. The number of amides is 1. The monoisotopic (exact) mass is 371 g/mol. The summed E-state index contributed by atoms with van der Waals surface area (Å²) >= 11 is 7.55. The number of nitrogens with one attached hydrogen (secondary N) is 1. The molecule has 0 saturated carbocycles. The first-order chi connectivity index (χ1) is 12.2. The summed E-state index contributed by atoms with van der Waals surface area (Å²) in [5.74, 6) is 1.66. The number of hydrogen-bond donors (Lipinski definition) is 1. The van der Waals surface area contributed by atoms with Crippen LogP contribution in [0.25, 0.3) is 10.8 Å². The van der Waals surface area contributed by atoms with Crippen LogP contribution < -0.4 is 10.1 Å². The Morgan fingerprint density at radius 2 is 1.88 bits per heavy atom. The molecule has 25 heavy (non-hydrogen) atoms. The molecule has 3 aromatic rings. The molecule has 0 aromatic heterocycles. The molecule has 0 radical (unpaired) electrons. The van der Waals surface area contributed by atoms with Crippen LogP contribution in [0.5, 0.6) is 5.75 Å². The third-order valence-electron chi connectivity index (χ3n) is 3.75. The molecular weight excluding hydrogens is 354 g/mol. The van der Waals surface area contributed by atoms with E-state index in [2.05, 4.69) is 35.6 Å². The van der Waals surface area contributed by atoms with E-state index < -0.39 is 0 Å². The molecule has 0 saturated heterocycles. The zero-order chi connectivity index (χ0) is 17.6. The molecule has 0 heterocycles. The average Bonchev–Trinajstić information content (AvgIpc) is 2.62. The van der Waals surface area contributed by atoms with Crippen molar-refractivity contribution in [1.82, 2.24) is 0 Å². The van der Waals surface area contributed by atoms with E-state index in [0.717, 1.165) is 5.75 Å². The number of anilines is 1. The lowest BCUT2D eigenvalue weighted by molar-refractivity contribution is -0.113. The Hall–Kier alpha value is -2.17. The molecule has 0 fully saturated rings. The van der Waals surface area contributed by atoms with E-state index in [4.69, 9.17) is 16.3 Å². The number of carbonyl (C=O) groups excluding carboxylic acids is 1. The summed E-state index contributed by atoms with van der Waals surface area (Å²) in [6.45, 7) is 0. The molecule has 0 aliphatic rings. The fourth-order valence-electron chi connectivity index (χ4n) is 2.55. The van der Waals surface area contributed by atoms with Gasteiger partial charge in [-0.2, -0.15) is 0 Å². The minimum absolute atomic E-state index is 0.0774. The molecule has 0 aliphatic heterocycles. The molecule has 1 N–H and O–H groups in total. The number of methoxy groups -OCH3 is 1. The molecule has 3 aromatic carbocycles. The van der Waals surface area contributed by atoms with Gasteiger partial charge in [-0.05, 0) is 34.5 Å². The molecule has 0 spiro atoms. The van der Waals surface area contributed by atoms with Crippen LogP contribution in [0.4, 0.5) is 5.69 Å². The van der Waals surface area contributed by atoms with Crippen molar-refractivity contribution in [3.8, 4) is 5.75 Å². The Morgan fingerprint density at radius 3 is 2.68 bits per heavy atom. The van der Waals surface area contributed by atoms with Crippen molar-refractivity contribution in [2.75, 3.05) is 18.2 Å². The van der Waals surface area contributed by atoms with Crippen LogP contribution >= 0.6 is 23.4 Å². The fraction of sp³-hybridized carbons (Fsp3) is 0.150. The summed E-state index contributed by atoms with van der Waals surface area (Å²) in [5, 5.41) is 5.84. The van der Waals surface area contributed by atoms with E-state index in [1.807, 2.05) is 12.1 Å². The molecule has 5 heteroatoms. The van der Waals surface area contributed by atoms with Gasteiger partial charge in [0.2, 0.25) is 5.91 Å². The van der Waals surface area contributed by atoms with Gasteiger partial charge in [-0.1, -0.05) is 54.1 Å². The average molecular weight is 372 g/mol. The first kappa shape index (κ1) is 17.6. The van der Waals surface area contributed by atoms with E-state index in [0.29, 0.717) is 22.2 Å². The van der Waals surface area contributed by atoms with Crippen LogP contribution in [0.3, 0.4) is 0 Å². The minimum Gasteiger partial charge on any atom is -0.495 e. The second-order valence-corrected chi connectivity index (χ2v) is 6.99. The first-order valence-corrected chi connectivity index (χ1v) is 9.38.